The average molecular weight is 327 g/mol. The molecular weight excluding hydrogens is 310 g/mol. The van der Waals surface area contributed by atoms with E-state index >= 15 is 0 Å². The van der Waals surface area contributed by atoms with Gasteiger partial charge in [-0.15, -0.1) is 0 Å². The van der Waals surface area contributed by atoms with Gasteiger partial charge in [0.15, 0.2) is 5.82 Å². The van der Waals surface area contributed by atoms with Crippen LogP contribution in [0.5, 0.6) is 0 Å². The molecule has 1 aromatic carbocycles. The van der Waals surface area contributed by atoms with Crippen molar-refractivity contribution in [3.8, 4) is 0 Å². The standard InChI is InChI=1S/C17H17N3O2S/c1-11(2)22-17(21)20-14(12-7-4-3-5-8-12)16(23)19-13-9-6-10-18-15(13)20/h3-11,14H,1-2H3,(H,19,23). The van der Waals surface area contributed by atoms with Gasteiger partial charge in [0.05, 0.1) is 11.8 Å². The molecule has 1 unspecified atom stereocenters. The fraction of sp³-hybridized carbons (Fsp3) is 0.235. The molecule has 0 bridgehead atoms. The minimum Gasteiger partial charge on any atom is -0.446 e. The van der Waals surface area contributed by atoms with Gasteiger partial charge in [-0.1, -0.05) is 42.5 Å². The maximum atomic E-state index is 12.7. The van der Waals surface area contributed by atoms with Crippen LogP contribution in [0.2, 0.25) is 0 Å². The van der Waals surface area contributed by atoms with E-state index < -0.39 is 12.1 Å². The Morgan fingerprint density at radius 1 is 1.26 bits per heavy atom. The number of amides is 1. The van der Waals surface area contributed by atoms with Crippen LogP contribution >= 0.6 is 12.2 Å². The van der Waals surface area contributed by atoms with Crippen LogP contribution in [0.3, 0.4) is 0 Å². The maximum absolute atomic E-state index is 12.7. The Hall–Kier alpha value is -2.47. The number of ether oxygens (including phenoxy) is 1. The van der Waals surface area contributed by atoms with Crippen LogP contribution in [0, 0.1) is 0 Å². The molecule has 6 heteroatoms. The Labute approximate surface area is 140 Å². The first kappa shape index (κ1) is 15.4. The molecule has 0 spiro atoms. The zero-order valence-electron chi connectivity index (χ0n) is 12.9. The molecule has 1 aliphatic heterocycles. The molecule has 23 heavy (non-hydrogen) atoms. The van der Waals surface area contributed by atoms with Gasteiger partial charge in [-0.05, 0) is 31.5 Å². The molecule has 3 rings (SSSR count). The summed E-state index contributed by atoms with van der Waals surface area (Å²) in [6.07, 6.45) is 0.958. The summed E-state index contributed by atoms with van der Waals surface area (Å²) in [7, 11) is 0. The lowest BCUT2D eigenvalue weighted by molar-refractivity contribution is 0.121. The molecule has 2 aromatic rings. The van der Waals surface area contributed by atoms with Crippen LogP contribution in [0.1, 0.15) is 25.5 Å². The lowest BCUT2D eigenvalue weighted by Gasteiger charge is -2.36. The van der Waals surface area contributed by atoms with Gasteiger partial charge in [0.2, 0.25) is 0 Å². The third kappa shape index (κ3) is 3.03. The second kappa shape index (κ2) is 6.34. The molecule has 1 amide bonds. The number of carbonyl (C=O) groups is 1. The lowest BCUT2D eigenvalue weighted by atomic mass is 10.0. The summed E-state index contributed by atoms with van der Waals surface area (Å²) in [5, 5.41) is 3.17. The normalized spacial score (nSPS) is 16.7. The van der Waals surface area contributed by atoms with E-state index in [0.29, 0.717) is 16.5 Å². The highest BCUT2D eigenvalue weighted by Crippen LogP contribution is 2.37. The van der Waals surface area contributed by atoms with Crippen LogP contribution < -0.4 is 10.2 Å². The molecule has 1 aliphatic rings. The van der Waals surface area contributed by atoms with E-state index in [1.165, 1.54) is 4.90 Å². The summed E-state index contributed by atoms with van der Waals surface area (Å²) in [6, 6.07) is 12.8. The van der Waals surface area contributed by atoms with Gasteiger partial charge in [-0.3, -0.25) is 0 Å². The monoisotopic (exact) mass is 327 g/mol. The minimum absolute atomic E-state index is 0.227. The number of fused-ring (bicyclic) bond motifs is 1. The van der Waals surface area contributed by atoms with Crippen molar-refractivity contribution in [2.45, 2.75) is 26.0 Å². The number of rotatable bonds is 2. The molecule has 0 radical (unpaired) electrons. The van der Waals surface area contributed by atoms with E-state index in [4.69, 9.17) is 17.0 Å². The Morgan fingerprint density at radius 3 is 2.70 bits per heavy atom. The molecular formula is C17H17N3O2S. The molecule has 0 saturated heterocycles. The van der Waals surface area contributed by atoms with Gasteiger partial charge in [0.25, 0.3) is 0 Å². The van der Waals surface area contributed by atoms with Crippen LogP contribution in [-0.2, 0) is 4.74 Å². The summed E-state index contributed by atoms with van der Waals surface area (Å²) < 4.78 is 5.41. The predicted octanol–water partition coefficient (Wildman–Crippen LogP) is 3.93. The zero-order chi connectivity index (χ0) is 16.4. The van der Waals surface area contributed by atoms with Crippen LogP contribution in [0.25, 0.3) is 0 Å². The minimum atomic E-state index is -0.461. The smallest absolute Gasteiger partial charge is 0.416 e. The second-order valence-electron chi connectivity index (χ2n) is 5.48. The van der Waals surface area contributed by atoms with E-state index in [9.17, 15) is 4.79 Å². The van der Waals surface area contributed by atoms with Gasteiger partial charge in [-0.2, -0.15) is 0 Å². The third-order valence-corrected chi connectivity index (χ3v) is 3.75. The molecule has 1 aromatic heterocycles. The molecule has 1 N–H and O–H groups in total. The maximum Gasteiger partial charge on any atom is 0.416 e. The number of nitrogens with zero attached hydrogens (tertiary/aromatic N) is 2. The summed E-state index contributed by atoms with van der Waals surface area (Å²) in [5.41, 5.74) is 1.60. The number of anilines is 2. The molecule has 0 aliphatic carbocycles. The summed E-state index contributed by atoms with van der Waals surface area (Å²) in [5.74, 6) is 0.514. The Bertz CT molecular complexity index is 734. The van der Waals surface area contributed by atoms with Crippen molar-refractivity contribution in [1.29, 1.82) is 0 Å². The van der Waals surface area contributed by atoms with Crippen molar-refractivity contribution >= 4 is 34.8 Å². The highest BCUT2D eigenvalue weighted by molar-refractivity contribution is 7.80. The van der Waals surface area contributed by atoms with Crippen LogP contribution in [0.4, 0.5) is 16.3 Å². The largest absolute Gasteiger partial charge is 0.446 e. The Morgan fingerprint density at radius 2 is 2.00 bits per heavy atom. The average Bonchev–Trinajstić information content (AvgIpc) is 2.53. The van der Waals surface area contributed by atoms with E-state index in [2.05, 4.69) is 10.3 Å². The van der Waals surface area contributed by atoms with Gasteiger partial charge >= 0.3 is 6.09 Å². The van der Waals surface area contributed by atoms with E-state index in [1.807, 2.05) is 50.2 Å². The third-order valence-electron chi connectivity index (χ3n) is 3.43. The van der Waals surface area contributed by atoms with Crippen LogP contribution in [-0.4, -0.2) is 22.2 Å². The molecule has 2 heterocycles. The predicted molar refractivity (Wildman–Crippen MR) is 93.7 cm³/mol. The van der Waals surface area contributed by atoms with Gasteiger partial charge in [0, 0.05) is 6.20 Å². The quantitative estimate of drug-likeness (QED) is 0.847. The molecule has 1 atom stereocenters. The Kier molecular flexibility index (Phi) is 4.25. The fourth-order valence-electron chi connectivity index (χ4n) is 2.51. The second-order valence-corrected chi connectivity index (χ2v) is 5.92. The number of hydrogen-bond acceptors (Lipinski definition) is 4. The van der Waals surface area contributed by atoms with Gasteiger partial charge in [-0.25, -0.2) is 14.7 Å². The Balaban J connectivity index is 2.10. The number of carbonyl (C=O) groups excluding carboxylic acids is 1. The molecule has 0 saturated carbocycles. The van der Waals surface area contributed by atoms with Gasteiger partial charge < -0.3 is 10.1 Å². The summed E-state index contributed by atoms with van der Waals surface area (Å²) >= 11 is 5.51. The molecule has 0 fully saturated rings. The lowest BCUT2D eigenvalue weighted by Crippen LogP contribution is -2.45. The van der Waals surface area contributed by atoms with Crippen molar-refractivity contribution < 1.29 is 9.53 Å². The fourth-order valence-corrected chi connectivity index (χ4v) is 2.86. The highest BCUT2D eigenvalue weighted by Gasteiger charge is 2.37. The van der Waals surface area contributed by atoms with E-state index in [-0.39, 0.29) is 6.10 Å². The van der Waals surface area contributed by atoms with Crippen molar-refractivity contribution in [2.24, 2.45) is 0 Å². The first-order chi connectivity index (χ1) is 11.1. The number of benzene rings is 1. The van der Waals surface area contributed by atoms with Crippen molar-refractivity contribution in [3.05, 3.63) is 54.2 Å². The number of hydrogen-bond donors (Lipinski definition) is 1. The number of nitrogens with one attached hydrogen (secondary N) is 1. The van der Waals surface area contributed by atoms with Gasteiger partial charge in [0.1, 0.15) is 11.0 Å². The van der Waals surface area contributed by atoms with Crippen molar-refractivity contribution in [1.82, 2.24) is 4.98 Å². The first-order valence-corrected chi connectivity index (χ1v) is 7.79. The molecule has 5 nitrogen and oxygen atoms in total. The van der Waals surface area contributed by atoms with E-state index in [1.54, 1.807) is 12.3 Å². The van der Waals surface area contributed by atoms with Crippen molar-refractivity contribution in [2.75, 3.05) is 10.2 Å². The number of aromatic nitrogens is 1. The molecule has 118 valence electrons. The number of thiocarbonyl (C=S) groups is 1. The van der Waals surface area contributed by atoms with Crippen LogP contribution in [0.15, 0.2) is 48.7 Å². The zero-order valence-corrected chi connectivity index (χ0v) is 13.7. The van der Waals surface area contributed by atoms with E-state index in [0.717, 1.165) is 5.56 Å². The summed E-state index contributed by atoms with van der Waals surface area (Å²) in [4.78, 5) is 19.1. The number of pyridine rings is 1. The summed E-state index contributed by atoms with van der Waals surface area (Å²) in [6.45, 7) is 3.63. The van der Waals surface area contributed by atoms with Crippen molar-refractivity contribution in [3.63, 3.8) is 0 Å². The highest BCUT2D eigenvalue weighted by atomic mass is 32.1. The topological polar surface area (TPSA) is 54.5 Å². The first-order valence-electron chi connectivity index (χ1n) is 7.38. The SMILES string of the molecule is CC(C)OC(=O)N1c2ncccc2NC(=S)C1c1ccccc1.